The van der Waals surface area contributed by atoms with Crippen LogP contribution in [-0.4, -0.2) is 53.9 Å². The molecule has 0 radical (unpaired) electrons. The van der Waals surface area contributed by atoms with Gasteiger partial charge in [-0.2, -0.15) is 0 Å². The Bertz CT molecular complexity index is 682. The van der Waals surface area contributed by atoms with Gasteiger partial charge in [-0.15, -0.1) is 6.58 Å². The molecule has 2 N–H and O–H groups in total. The third kappa shape index (κ3) is 11.5. The topological polar surface area (TPSA) is 118 Å². The SMILES string of the molecule is C=CCCC/C=C(/C=O)CCC(O)C(C=O)CC/C=C(/C=O)CC(C=O)C1CCCC(O)O1. The summed E-state index contributed by atoms with van der Waals surface area (Å²) in [4.78, 5) is 45.7. The van der Waals surface area contributed by atoms with E-state index in [0.29, 0.717) is 62.2 Å². The smallest absolute Gasteiger partial charge is 0.154 e. The van der Waals surface area contributed by atoms with Crippen LogP contribution in [0.5, 0.6) is 0 Å². The van der Waals surface area contributed by atoms with Gasteiger partial charge in [-0.1, -0.05) is 18.2 Å². The molecule has 0 saturated carbocycles. The lowest BCUT2D eigenvalue weighted by Crippen LogP contribution is -2.34. The van der Waals surface area contributed by atoms with Crippen molar-refractivity contribution in [1.29, 1.82) is 0 Å². The molecule has 0 spiro atoms. The quantitative estimate of drug-likeness (QED) is 0.139. The van der Waals surface area contributed by atoms with Crippen molar-refractivity contribution >= 4 is 25.1 Å². The molecule has 5 atom stereocenters. The maximum absolute atomic E-state index is 11.5. The number of aliphatic hydroxyl groups is 2. The van der Waals surface area contributed by atoms with E-state index in [1.165, 1.54) is 0 Å². The molecule has 0 bridgehead atoms. The number of hydrogen-bond donors (Lipinski definition) is 2. The first-order chi connectivity index (χ1) is 16.0. The lowest BCUT2D eigenvalue weighted by molar-refractivity contribution is -0.177. The molecular formula is C26H38O7. The maximum Gasteiger partial charge on any atom is 0.154 e. The van der Waals surface area contributed by atoms with Gasteiger partial charge in [-0.3, -0.25) is 9.59 Å². The Morgan fingerprint density at radius 1 is 0.970 bits per heavy atom. The summed E-state index contributed by atoms with van der Waals surface area (Å²) in [6.45, 7) is 3.66. The number of aliphatic hydroxyl groups excluding tert-OH is 2. The Hall–Kier alpha value is -2.22. The highest BCUT2D eigenvalue weighted by molar-refractivity contribution is 5.74. The van der Waals surface area contributed by atoms with Crippen LogP contribution in [0.3, 0.4) is 0 Å². The van der Waals surface area contributed by atoms with Crippen molar-refractivity contribution in [1.82, 2.24) is 0 Å². The summed E-state index contributed by atoms with van der Waals surface area (Å²) in [5.41, 5.74) is 1.04. The fraction of sp³-hybridized carbons (Fsp3) is 0.615. The number of rotatable bonds is 18. The fourth-order valence-corrected chi connectivity index (χ4v) is 3.97. The van der Waals surface area contributed by atoms with Gasteiger partial charge in [0.15, 0.2) is 6.29 Å². The lowest BCUT2D eigenvalue weighted by Gasteiger charge is -2.30. The van der Waals surface area contributed by atoms with E-state index in [9.17, 15) is 29.4 Å². The number of aldehydes is 4. The highest BCUT2D eigenvalue weighted by Crippen LogP contribution is 2.26. The average Bonchev–Trinajstić information content (AvgIpc) is 2.83. The van der Waals surface area contributed by atoms with Crippen molar-refractivity contribution in [2.75, 3.05) is 0 Å². The van der Waals surface area contributed by atoms with Gasteiger partial charge in [0.25, 0.3) is 0 Å². The Kier molecular flexibility index (Phi) is 15.1. The van der Waals surface area contributed by atoms with Crippen LogP contribution in [0.15, 0.2) is 36.0 Å². The molecule has 184 valence electrons. The van der Waals surface area contributed by atoms with Crippen LogP contribution in [-0.2, 0) is 23.9 Å². The number of carbonyl (C=O) groups excluding carboxylic acids is 4. The van der Waals surface area contributed by atoms with E-state index in [1.54, 1.807) is 6.08 Å². The summed E-state index contributed by atoms with van der Waals surface area (Å²) in [5.74, 6) is -1.13. The molecule has 1 saturated heterocycles. The molecule has 1 fully saturated rings. The minimum atomic E-state index is -0.883. The number of hydrogen-bond acceptors (Lipinski definition) is 7. The van der Waals surface area contributed by atoms with Gasteiger partial charge < -0.3 is 24.5 Å². The molecule has 0 amide bonds. The molecule has 7 heteroatoms. The van der Waals surface area contributed by atoms with Crippen LogP contribution in [0.1, 0.15) is 70.6 Å². The summed E-state index contributed by atoms with van der Waals surface area (Å²) in [6.07, 6.45) is 12.3. The molecule has 1 aliphatic heterocycles. The second kappa shape index (κ2) is 17.3. The molecule has 1 rings (SSSR count). The third-order valence-corrected chi connectivity index (χ3v) is 6.02. The molecule has 0 aromatic carbocycles. The second-order valence-corrected chi connectivity index (χ2v) is 8.56. The van der Waals surface area contributed by atoms with Crippen molar-refractivity contribution in [3.8, 4) is 0 Å². The van der Waals surface area contributed by atoms with Crippen LogP contribution < -0.4 is 0 Å². The standard InChI is InChI=1S/C26H38O7/c1-2-3-4-5-8-20(16-27)13-14-24(31)22(18-29)10-6-9-21(17-28)15-23(19-30)25-11-7-12-26(32)33-25/h2,8-9,16-19,22-26,31-32H,1,3-7,10-15H2/b20-8+,21-9+. The van der Waals surface area contributed by atoms with Gasteiger partial charge in [0, 0.05) is 11.8 Å². The normalized spacial score (nSPS) is 22.1. The summed E-state index contributed by atoms with van der Waals surface area (Å²) in [5, 5.41) is 20.0. The van der Waals surface area contributed by atoms with Gasteiger partial charge in [-0.25, -0.2) is 0 Å². The molecule has 7 nitrogen and oxygen atoms in total. The van der Waals surface area contributed by atoms with E-state index < -0.39 is 30.3 Å². The van der Waals surface area contributed by atoms with E-state index in [0.717, 1.165) is 38.3 Å². The largest absolute Gasteiger partial charge is 0.392 e. The van der Waals surface area contributed by atoms with Crippen molar-refractivity contribution in [2.45, 2.75) is 89.1 Å². The first-order valence-corrected chi connectivity index (χ1v) is 11.8. The third-order valence-electron chi connectivity index (χ3n) is 6.02. The average molecular weight is 463 g/mol. The predicted molar refractivity (Wildman–Crippen MR) is 125 cm³/mol. The predicted octanol–water partition coefficient (Wildman–Crippen LogP) is 3.42. The highest BCUT2D eigenvalue weighted by atomic mass is 16.6. The van der Waals surface area contributed by atoms with Crippen LogP contribution in [0, 0.1) is 11.8 Å². The molecule has 5 unspecified atom stereocenters. The lowest BCUT2D eigenvalue weighted by atomic mass is 9.89. The van der Waals surface area contributed by atoms with Gasteiger partial charge in [0.1, 0.15) is 25.1 Å². The molecule has 1 aliphatic rings. The molecule has 33 heavy (non-hydrogen) atoms. The highest BCUT2D eigenvalue weighted by Gasteiger charge is 2.28. The Morgan fingerprint density at radius 3 is 2.30 bits per heavy atom. The van der Waals surface area contributed by atoms with Crippen LogP contribution in [0.25, 0.3) is 0 Å². The first-order valence-electron chi connectivity index (χ1n) is 11.8. The van der Waals surface area contributed by atoms with E-state index in [4.69, 9.17) is 4.74 Å². The number of carbonyl (C=O) groups is 4. The maximum atomic E-state index is 11.5. The monoisotopic (exact) mass is 462 g/mol. The van der Waals surface area contributed by atoms with E-state index in [1.807, 2.05) is 12.2 Å². The zero-order valence-electron chi connectivity index (χ0n) is 19.3. The first kappa shape index (κ1) is 28.8. The van der Waals surface area contributed by atoms with Gasteiger partial charge in [0.2, 0.25) is 0 Å². The number of ether oxygens (including phenoxy) is 1. The van der Waals surface area contributed by atoms with Gasteiger partial charge in [0.05, 0.1) is 12.2 Å². The van der Waals surface area contributed by atoms with Crippen LogP contribution in [0.2, 0.25) is 0 Å². The van der Waals surface area contributed by atoms with Crippen molar-refractivity contribution < 1.29 is 34.1 Å². The summed E-state index contributed by atoms with van der Waals surface area (Å²) >= 11 is 0. The van der Waals surface area contributed by atoms with Crippen LogP contribution >= 0.6 is 0 Å². The minimum absolute atomic E-state index is 0.206. The zero-order chi connectivity index (χ0) is 24.5. The number of unbranched alkanes of at least 4 members (excludes halogenated alkanes) is 2. The molecule has 0 aromatic rings. The summed E-state index contributed by atoms with van der Waals surface area (Å²) < 4.78 is 5.44. The number of allylic oxidation sites excluding steroid dienone is 5. The Morgan fingerprint density at radius 2 is 1.70 bits per heavy atom. The molecular weight excluding hydrogens is 424 g/mol. The van der Waals surface area contributed by atoms with E-state index >= 15 is 0 Å². The van der Waals surface area contributed by atoms with E-state index in [-0.39, 0.29) is 6.42 Å². The summed E-state index contributed by atoms with van der Waals surface area (Å²) in [6, 6.07) is 0. The zero-order valence-corrected chi connectivity index (χ0v) is 19.3. The summed E-state index contributed by atoms with van der Waals surface area (Å²) in [7, 11) is 0. The van der Waals surface area contributed by atoms with Crippen molar-refractivity contribution in [3.05, 3.63) is 36.0 Å². The van der Waals surface area contributed by atoms with Crippen LogP contribution in [0.4, 0.5) is 0 Å². The Balaban J connectivity index is 2.55. The molecule has 0 aliphatic carbocycles. The molecule has 0 aromatic heterocycles. The fourth-order valence-electron chi connectivity index (χ4n) is 3.97. The Labute approximate surface area is 196 Å². The van der Waals surface area contributed by atoms with Gasteiger partial charge in [-0.05, 0) is 81.8 Å². The van der Waals surface area contributed by atoms with Crippen molar-refractivity contribution in [2.24, 2.45) is 11.8 Å². The second-order valence-electron chi connectivity index (χ2n) is 8.56. The van der Waals surface area contributed by atoms with Gasteiger partial charge >= 0.3 is 0 Å². The molecule has 1 heterocycles. The van der Waals surface area contributed by atoms with Crippen molar-refractivity contribution in [3.63, 3.8) is 0 Å². The minimum Gasteiger partial charge on any atom is -0.392 e. The van der Waals surface area contributed by atoms with E-state index in [2.05, 4.69) is 6.58 Å².